The number of halogens is 1. The molecule has 1 aliphatic carbocycles. The highest BCUT2D eigenvalue weighted by Gasteiger charge is 2.41. The average molecular weight is 285 g/mol. The number of nitrogens with zero attached hydrogens (tertiary/aromatic N) is 1. The number of carbonyl (C=O) groups is 2. The van der Waals surface area contributed by atoms with Gasteiger partial charge in [-0.05, 0) is 25.7 Å². The van der Waals surface area contributed by atoms with Crippen LogP contribution in [0.3, 0.4) is 0 Å². The maximum absolute atomic E-state index is 12.5. The van der Waals surface area contributed by atoms with Crippen LogP contribution >= 0.6 is 11.6 Å². The molecule has 0 aromatic heterocycles. The van der Waals surface area contributed by atoms with E-state index in [2.05, 4.69) is 5.32 Å². The summed E-state index contributed by atoms with van der Waals surface area (Å²) >= 11 is 5.52. The van der Waals surface area contributed by atoms with E-state index >= 15 is 0 Å². The van der Waals surface area contributed by atoms with Crippen molar-refractivity contribution < 1.29 is 9.59 Å². The molecule has 5 heteroatoms. The van der Waals surface area contributed by atoms with Crippen LogP contribution in [0.15, 0.2) is 11.6 Å². The van der Waals surface area contributed by atoms with Crippen LogP contribution < -0.4 is 5.32 Å². The van der Waals surface area contributed by atoms with Crippen LogP contribution in [0.2, 0.25) is 0 Å². The second-order valence-electron chi connectivity index (χ2n) is 5.41. The van der Waals surface area contributed by atoms with Crippen molar-refractivity contribution in [2.45, 2.75) is 51.1 Å². The fourth-order valence-corrected chi connectivity index (χ4v) is 3.11. The highest BCUT2D eigenvalue weighted by atomic mass is 35.5. The third-order valence-electron chi connectivity index (χ3n) is 4.21. The van der Waals surface area contributed by atoms with E-state index in [4.69, 9.17) is 11.6 Å². The number of carbonyl (C=O) groups excluding carboxylic acids is 2. The van der Waals surface area contributed by atoms with Crippen LogP contribution in [0.4, 0.5) is 0 Å². The first kappa shape index (κ1) is 14.4. The van der Waals surface area contributed by atoms with E-state index in [1.165, 1.54) is 12.0 Å². The Bertz CT molecular complexity index is 378. The van der Waals surface area contributed by atoms with Gasteiger partial charge < -0.3 is 10.2 Å². The Morgan fingerprint density at radius 2 is 2.00 bits per heavy atom. The first-order valence-electron chi connectivity index (χ1n) is 7.01. The molecule has 0 spiro atoms. The van der Waals surface area contributed by atoms with E-state index in [1.54, 1.807) is 17.9 Å². The summed E-state index contributed by atoms with van der Waals surface area (Å²) in [6.07, 6.45) is 7.31. The Morgan fingerprint density at radius 3 is 2.63 bits per heavy atom. The minimum atomic E-state index is -0.416. The summed E-state index contributed by atoms with van der Waals surface area (Å²) in [5.74, 6) is 0.270. The van der Waals surface area contributed by atoms with Crippen LogP contribution in [0, 0.1) is 5.92 Å². The number of piperazine rings is 1. The molecule has 2 fully saturated rings. The predicted molar refractivity (Wildman–Crippen MR) is 74.7 cm³/mol. The number of hydrogen-bond acceptors (Lipinski definition) is 2. The Morgan fingerprint density at radius 1 is 1.32 bits per heavy atom. The van der Waals surface area contributed by atoms with Crippen LogP contribution in [0.1, 0.15) is 39.0 Å². The molecule has 106 valence electrons. The van der Waals surface area contributed by atoms with E-state index in [1.807, 2.05) is 0 Å². The van der Waals surface area contributed by atoms with Gasteiger partial charge in [-0.3, -0.25) is 9.59 Å². The zero-order valence-electron chi connectivity index (χ0n) is 11.3. The molecular formula is C14H21ClN2O2. The van der Waals surface area contributed by atoms with E-state index in [-0.39, 0.29) is 17.9 Å². The SMILES string of the molecule is CC1C(=O)NC(C2CCCCC2)C(=O)N1C/C=C/Cl. The average Bonchev–Trinajstić information content (AvgIpc) is 2.44. The van der Waals surface area contributed by atoms with Gasteiger partial charge in [0.15, 0.2) is 0 Å². The monoisotopic (exact) mass is 284 g/mol. The molecular weight excluding hydrogens is 264 g/mol. The van der Waals surface area contributed by atoms with Crippen molar-refractivity contribution in [3.63, 3.8) is 0 Å². The van der Waals surface area contributed by atoms with Gasteiger partial charge in [0.25, 0.3) is 0 Å². The standard InChI is InChI=1S/C14H21ClN2O2/c1-10-13(18)16-12(11-6-3-2-4-7-11)14(19)17(10)9-5-8-15/h5,8,10-12H,2-4,6-7,9H2,1H3,(H,16,18)/b8-5+. The second kappa shape index (κ2) is 6.42. The summed E-state index contributed by atoms with van der Waals surface area (Å²) in [4.78, 5) is 26.1. The van der Waals surface area contributed by atoms with Crippen molar-refractivity contribution in [1.29, 1.82) is 0 Å². The third-order valence-corrected chi connectivity index (χ3v) is 4.38. The first-order chi connectivity index (χ1) is 9.15. The largest absolute Gasteiger partial charge is 0.342 e. The van der Waals surface area contributed by atoms with Gasteiger partial charge in [0.1, 0.15) is 12.1 Å². The van der Waals surface area contributed by atoms with Gasteiger partial charge in [-0.25, -0.2) is 0 Å². The van der Waals surface area contributed by atoms with Crippen molar-refractivity contribution in [2.24, 2.45) is 5.92 Å². The van der Waals surface area contributed by atoms with Gasteiger partial charge in [0.2, 0.25) is 11.8 Å². The van der Waals surface area contributed by atoms with Crippen LogP contribution in [-0.4, -0.2) is 35.3 Å². The van der Waals surface area contributed by atoms with Gasteiger partial charge in [0, 0.05) is 12.1 Å². The van der Waals surface area contributed by atoms with E-state index in [0.29, 0.717) is 12.5 Å². The van der Waals surface area contributed by atoms with Gasteiger partial charge in [0.05, 0.1) is 0 Å². The molecule has 1 aliphatic heterocycles. The van der Waals surface area contributed by atoms with Gasteiger partial charge >= 0.3 is 0 Å². The highest BCUT2D eigenvalue weighted by Crippen LogP contribution is 2.29. The molecule has 1 saturated carbocycles. The lowest BCUT2D eigenvalue weighted by atomic mass is 9.82. The maximum atomic E-state index is 12.5. The summed E-state index contributed by atoms with van der Waals surface area (Å²) in [6.45, 7) is 2.16. The van der Waals surface area contributed by atoms with E-state index < -0.39 is 6.04 Å². The quantitative estimate of drug-likeness (QED) is 0.862. The molecule has 2 amide bonds. The van der Waals surface area contributed by atoms with Gasteiger partial charge in [-0.1, -0.05) is 36.9 Å². The Kier molecular flexibility index (Phi) is 4.86. The van der Waals surface area contributed by atoms with Gasteiger partial charge in [-0.15, -0.1) is 0 Å². The molecule has 1 heterocycles. The first-order valence-corrected chi connectivity index (χ1v) is 7.45. The number of hydrogen-bond donors (Lipinski definition) is 1. The molecule has 2 atom stereocenters. The minimum Gasteiger partial charge on any atom is -0.342 e. The molecule has 2 unspecified atom stereocenters. The molecule has 19 heavy (non-hydrogen) atoms. The lowest BCUT2D eigenvalue weighted by Crippen LogP contribution is -2.64. The molecule has 1 saturated heterocycles. The number of amides is 2. The molecule has 0 bridgehead atoms. The number of rotatable bonds is 3. The van der Waals surface area contributed by atoms with Crippen molar-refractivity contribution in [3.05, 3.63) is 11.6 Å². The maximum Gasteiger partial charge on any atom is 0.246 e. The second-order valence-corrected chi connectivity index (χ2v) is 5.66. The minimum absolute atomic E-state index is 0.0359. The predicted octanol–water partition coefficient (Wildman–Crippen LogP) is 2.03. The van der Waals surface area contributed by atoms with Crippen LogP contribution in [0.5, 0.6) is 0 Å². The molecule has 0 radical (unpaired) electrons. The molecule has 2 aliphatic rings. The molecule has 4 nitrogen and oxygen atoms in total. The zero-order valence-corrected chi connectivity index (χ0v) is 12.0. The third kappa shape index (κ3) is 3.11. The molecule has 0 aromatic rings. The summed E-state index contributed by atoms with van der Waals surface area (Å²) in [6, 6.07) is -0.757. The number of nitrogens with one attached hydrogen (secondary N) is 1. The van der Waals surface area contributed by atoms with Crippen molar-refractivity contribution in [1.82, 2.24) is 10.2 Å². The molecule has 1 N–H and O–H groups in total. The highest BCUT2D eigenvalue weighted by molar-refractivity contribution is 6.25. The van der Waals surface area contributed by atoms with Gasteiger partial charge in [-0.2, -0.15) is 0 Å². The Balaban J connectivity index is 2.11. The van der Waals surface area contributed by atoms with Crippen LogP contribution in [0.25, 0.3) is 0 Å². The van der Waals surface area contributed by atoms with E-state index in [9.17, 15) is 9.59 Å². The smallest absolute Gasteiger partial charge is 0.246 e. The summed E-state index contributed by atoms with van der Waals surface area (Å²) in [5.41, 5.74) is 1.39. The molecule has 2 rings (SSSR count). The topological polar surface area (TPSA) is 49.4 Å². The van der Waals surface area contributed by atoms with E-state index in [0.717, 1.165) is 25.7 Å². The van der Waals surface area contributed by atoms with Crippen molar-refractivity contribution in [3.8, 4) is 0 Å². The fraction of sp³-hybridized carbons (Fsp3) is 0.714. The Labute approximate surface area is 119 Å². The van der Waals surface area contributed by atoms with Crippen molar-refractivity contribution >= 4 is 23.4 Å². The lowest BCUT2D eigenvalue weighted by molar-refractivity contribution is -0.149. The summed E-state index contributed by atoms with van der Waals surface area (Å²) in [5, 5.41) is 2.90. The Hall–Kier alpha value is -1.03. The lowest BCUT2D eigenvalue weighted by Gasteiger charge is -2.40. The molecule has 0 aromatic carbocycles. The normalized spacial score (nSPS) is 29.9. The summed E-state index contributed by atoms with van der Waals surface area (Å²) in [7, 11) is 0. The summed E-state index contributed by atoms with van der Waals surface area (Å²) < 4.78 is 0. The fourth-order valence-electron chi connectivity index (χ4n) is 3.04. The van der Waals surface area contributed by atoms with Crippen molar-refractivity contribution in [2.75, 3.05) is 6.54 Å². The van der Waals surface area contributed by atoms with Crippen LogP contribution in [-0.2, 0) is 9.59 Å². The zero-order chi connectivity index (χ0) is 13.8.